The molecule has 78 valence electrons. The fourth-order valence-corrected chi connectivity index (χ4v) is 2.32. The Kier molecular flexibility index (Phi) is 3.33. The lowest BCUT2D eigenvalue weighted by Crippen LogP contribution is -2.01. The molecule has 0 aliphatic carbocycles. The second kappa shape index (κ2) is 4.72. The van der Waals surface area contributed by atoms with E-state index in [9.17, 15) is 0 Å². The first-order chi connectivity index (χ1) is 7.25. The van der Waals surface area contributed by atoms with Crippen LogP contribution in [0.15, 0.2) is 28.3 Å². The van der Waals surface area contributed by atoms with Crippen molar-refractivity contribution in [2.45, 2.75) is 13.5 Å². The Morgan fingerprint density at radius 2 is 2.33 bits per heavy atom. The standard InChI is InChI=1S/C10H10BrN3S/c1-7-4-8(11)10(13-5-7)14-6-9-12-2-3-15-9/h2-5H,6H2,1H3,(H,13,14). The summed E-state index contributed by atoms with van der Waals surface area (Å²) >= 11 is 5.10. The Bertz CT molecular complexity index is 442. The van der Waals surface area contributed by atoms with Crippen LogP contribution in [0.25, 0.3) is 0 Å². The van der Waals surface area contributed by atoms with Gasteiger partial charge in [-0.05, 0) is 34.5 Å². The molecular weight excluding hydrogens is 274 g/mol. The van der Waals surface area contributed by atoms with Crippen molar-refractivity contribution in [2.75, 3.05) is 5.32 Å². The summed E-state index contributed by atoms with van der Waals surface area (Å²) in [6, 6.07) is 2.04. The monoisotopic (exact) mass is 283 g/mol. The summed E-state index contributed by atoms with van der Waals surface area (Å²) in [5.41, 5.74) is 1.14. The molecule has 0 unspecified atom stereocenters. The van der Waals surface area contributed by atoms with Crippen LogP contribution < -0.4 is 5.32 Å². The highest BCUT2D eigenvalue weighted by Gasteiger charge is 2.02. The predicted octanol–water partition coefficient (Wildman–Crippen LogP) is 3.22. The van der Waals surface area contributed by atoms with Gasteiger partial charge in [0.2, 0.25) is 0 Å². The third kappa shape index (κ3) is 2.76. The van der Waals surface area contributed by atoms with Crippen molar-refractivity contribution in [1.82, 2.24) is 9.97 Å². The highest BCUT2D eigenvalue weighted by atomic mass is 79.9. The Morgan fingerprint density at radius 1 is 1.47 bits per heavy atom. The van der Waals surface area contributed by atoms with E-state index in [0.29, 0.717) is 6.54 Å². The molecule has 0 saturated heterocycles. The number of aromatic nitrogens is 2. The summed E-state index contributed by atoms with van der Waals surface area (Å²) < 4.78 is 0.985. The van der Waals surface area contributed by atoms with Crippen LogP contribution in [0.5, 0.6) is 0 Å². The van der Waals surface area contributed by atoms with Crippen LogP contribution in [-0.2, 0) is 6.54 Å². The Balaban J connectivity index is 2.05. The molecule has 0 amide bonds. The number of pyridine rings is 1. The fraction of sp³-hybridized carbons (Fsp3) is 0.200. The van der Waals surface area contributed by atoms with Gasteiger partial charge in [0.05, 0.1) is 11.0 Å². The quantitative estimate of drug-likeness (QED) is 0.940. The van der Waals surface area contributed by atoms with Gasteiger partial charge in [-0.25, -0.2) is 9.97 Å². The van der Waals surface area contributed by atoms with E-state index >= 15 is 0 Å². The number of halogens is 1. The van der Waals surface area contributed by atoms with Crippen LogP contribution in [-0.4, -0.2) is 9.97 Å². The molecule has 2 rings (SSSR count). The van der Waals surface area contributed by atoms with Crippen LogP contribution in [0.3, 0.4) is 0 Å². The summed E-state index contributed by atoms with van der Waals surface area (Å²) in [5, 5.41) is 6.26. The fourth-order valence-electron chi connectivity index (χ4n) is 1.16. The average molecular weight is 284 g/mol. The Labute approximate surface area is 101 Å². The molecule has 0 aromatic carbocycles. The number of hydrogen-bond acceptors (Lipinski definition) is 4. The van der Waals surface area contributed by atoms with Gasteiger partial charge in [0.15, 0.2) is 0 Å². The molecule has 2 heterocycles. The van der Waals surface area contributed by atoms with E-state index in [4.69, 9.17) is 0 Å². The molecule has 0 aliphatic heterocycles. The second-order valence-electron chi connectivity index (χ2n) is 3.12. The minimum Gasteiger partial charge on any atom is -0.363 e. The van der Waals surface area contributed by atoms with Crippen molar-refractivity contribution < 1.29 is 0 Å². The third-order valence-electron chi connectivity index (χ3n) is 1.87. The van der Waals surface area contributed by atoms with E-state index in [2.05, 4.69) is 31.2 Å². The molecule has 0 bridgehead atoms. The minimum atomic E-state index is 0.715. The molecule has 0 aliphatic rings. The molecule has 3 nitrogen and oxygen atoms in total. The first-order valence-electron chi connectivity index (χ1n) is 4.50. The lowest BCUT2D eigenvalue weighted by Gasteiger charge is -2.05. The summed E-state index contributed by atoms with van der Waals surface area (Å²) in [5.74, 6) is 0.857. The van der Waals surface area contributed by atoms with Crippen LogP contribution >= 0.6 is 27.3 Å². The van der Waals surface area contributed by atoms with Gasteiger partial charge in [0, 0.05) is 17.8 Å². The molecule has 0 atom stereocenters. The van der Waals surface area contributed by atoms with Crippen LogP contribution in [0.4, 0.5) is 5.82 Å². The van der Waals surface area contributed by atoms with Crippen molar-refractivity contribution in [3.8, 4) is 0 Å². The van der Waals surface area contributed by atoms with Gasteiger partial charge < -0.3 is 5.32 Å². The van der Waals surface area contributed by atoms with Gasteiger partial charge in [0.25, 0.3) is 0 Å². The SMILES string of the molecule is Cc1cnc(NCc2nccs2)c(Br)c1. The van der Waals surface area contributed by atoms with Crippen molar-refractivity contribution in [2.24, 2.45) is 0 Å². The molecule has 2 aromatic rings. The number of thiazole rings is 1. The van der Waals surface area contributed by atoms with Gasteiger partial charge in [-0.2, -0.15) is 0 Å². The first kappa shape index (κ1) is 10.6. The molecule has 15 heavy (non-hydrogen) atoms. The Hall–Kier alpha value is -0.940. The lowest BCUT2D eigenvalue weighted by atomic mass is 10.3. The lowest BCUT2D eigenvalue weighted by molar-refractivity contribution is 1.07. The highest BCUT2D eigenvalue weighted by Crippen LogP contribution is 2.21. The van der Waals surface area contributed by atoms with Gasteiger partial charge in [-0.15, -0.1) is 11.3 Å². The molecular formula is C10H10BrN3S. The first-order valence-corrected chi connectivity index (χ1v) is 6.17. The second-order valence-corrected chi connectivity index (χ2v) is 4.96. The van der Waals surface area contributed by atoms with Gasteiger partial charge in [0.1, 0.15) is 10.8 Å². The smallest absolute Gasteiger partial charge is 0.140 e. The van der Waals surface area contributed by atoms with Crippen molar-refractivity contribution in [3.05, 3.63) is 38.9 Å². The zero-order valence-electron chi connectivity index (χ0n) is 8.20. The van der Waals surface area contributed by atoms with Crippen LogP contribution in [0.1, 0.15) is 10.6 Å². The van der Waals surface area contributed by atoms with Crippen molar-refractivity contribution in [3.63, 3.8) is 0 Å². The molecule has 0 fully saturated rings. The number of anilines is 1. The number of aryl methyl sites for hydroxylation is 1. The molecule has 1 N–H and O–H groups in total. The van der Waals surface area contributed by atoms with E-state index in [1.165, 1.54) is 0 Å². The van der Waals surface area contributed by atoms with Crippen LogP contribution in [0.2, 0.25) is 0 Å². The van der Waals surface area contributed by atoms with Crippen molar-refractivity contribution in [1.29, 1.82) is 0 Å². The molecule has 0 radical (unpaired) electrons. The average Bonchev–Trinajstić information content (AvgIpc) is 2.69. The van der Waals surface area contributed by atoms with E-state index in [1.54, 1.807) is 17.5 Å². The number of hydrogen-bond donors (Lipinski definition) is 1. The number of nitrogens with zero attached hydrogens (tertiary/aromatic N) is 2. The highest BCUT2D eigenvalue weighted by molar-refractivity contribution is 9.10. The maximum absolute atomic E-state index is 4.30. The predicted molar refractivity (Wildman–Crippen MR) is 66.1 cm³/mol. The third-order valence-corrected chi connectivity index (χ3v) is 3.25. The summed E-state index contributed by atoms with van der Waals surface area (Å²) in [7, 11) is 0. The summed E-state index contributed by atoms with van der Waals surface area (Å²) in [6.07, 6.45) is 3.65. The van der Waals surface area contributed by atoms with Gasteiger partial charge in [-0.3, -0.25) is 0 Å². The topological polar surface area (TPSA) is 37.8 Å². The van der Waals surface area contributed by atoms with E-state index in [1.807, 2.05) is 24.6 Å². The number of nitrogens with one attached hydrogen (secondary N) is 1. The zero-order valence-corrected chi connectivity index (χ0v) is 10.6. The van der Waals surface area contributed by atoms with Gasteiger partial charge in [-0.1, -0.05) is 0 Å². The minimum absolute atomic E-state index is 0.715. The largest absolute Gasteiger partial charge is 0.363 e. The zero-order chi connectivity index (χ0) is 10.7. The van der Waals surface area contributed by atoms with Crippen molar-refractivity contribution >= 4 is 33.1 Å². The van der Waals surface area contributed by atoms with E-state index in [-0.39, 0.29) is 0 Å². The molecule has 0 spiro atoms. The van der Waals surface area contributed by atoms with E-state index < -0.39 is 0 Å². The summed E-state index contributed by atoms with van der Waals surface area (Å²) in [4.78, 5) is 8.49. The molecule has 2 aromatic heterocycles. The molecule has 5 heteroatoms. The number of rotatable bonds is 3. The normalized spacial score (nSPS) is 10.3. The Morgan fingerprint density at radius 3 is 3.00 bits per heavy atom. The van der Waals surface area contributed by atoms with Crippen LogP contribution in [0, 0.1) is 6.92 Å². The summed E-state index contributed by atoms with van der Waals surface area (Å²) in [6.45, 7) is 2.73. The maximum atomic E-state index is 4.30. The van der Waals surface area contributed by atoms with Gasteiger partial charge >= 0.3 is 0 Å². The molecule has 0 saturated carbocycles. The van der Waals surface area contributed by atoms with E-state index in [0.717, 1.165) is 20.9 Å². The maximum Gasteiger partial charge on any atom is 0.140 e.